The number of hydrogen-bond donors (Lipinski definition) is 0. The summed E-state index contributed by atoms with van der Waals surface area (Å²) in [6.45, 7) is 6.80. The molecule has 0 radical (unpaired) electrons. The number of benzene rings is 1. The van der Waals surface area contributed by atoms with Crippen LogP contribution in [0.1, 0.15) is 32.8 Å². The van der Waals surface area contributed by atoms with Crippen LogP contribution in [0.3, 0.4) is 0 Å². The van der Waals surface area contributed by atoms with Crippen LogP contribution in [-0.4, -0.2) is 4.98 Å². The Balaban J connectivity index is 2.71. The molecule has 1 heteroatoms. The molecule has 0 saturated heterocycles. The van der Waals surface area contributed by atoms with Crippen LogP contribution in [0.2, 0.25) is 0 Å². The molecule has 0 atom stereocenters. The van der Waals surface area contributed by atoms with Crippen LogP contribution in [0, 0.1) is 0 Å². The quantitative estimate of drug-likeness (QED) is 0.714. The van der Waals surface area contributed by atoms with Crippen molar-refractivity contribution in [1.82, 2.24) is 4.98 Å². The number of aromatic nitrogens is 1. The molecule has 2 rings (SSSR count). The Morgan fingerprint density at radius 2 is 1.93 bits per heavy atom. The van der Waals surface area contributed by atoms with Gasteiger partial charge in [0, 0.05) is 11.6 Å². The standard InChI is InChI=1S/C14H17N/c1-4-14(2,3)12-8-5-9-13-11(12)7-6-10-15-13/h5-10H,4H2,1-3H3. The summed E-state index contributed by atoms with van der Waals surface area (Å²) in [5.41, 5.74) is 2.72. The molecule has 0 fully saturated rings. The van der Waals surface area contributed by atoms with Crippen LogP contribution < -0.4 is 0 Å². The predicted octanol–water partition coefficient (Wildman–Crippen LogP) is 3.92. The minimum atomic E-state index is 0.225. The maximum Gasteiger partial charge on any atom is 0.0704 e. The van der Waals surface area contributed by atoms with Gasteiger partial charge in [-0.25, -0.2) is 0 Å². The topological polar surface area (TPSA) is 12.9 Å². The van der Waals surface area contributed by atoms with Crippen LogP contribution in [0.15, 0.2) is 36.5 Å². The summed E-state index contributed by atoms with van der Waals surface area (Å²) < 4.78 is 0. The molecule has 15 heavy (non-hydrogen) atoms. The van der Waals surface area contributed by atoms with E-state index in [0.717, 1.165) is 11.9 Å². The van der Waals surface area contributed by atoms with Crippen molar-refractivity contribution in [3.63, 3.8) is 0 Å². The summed E-state index contributed by atoms with van der Waals surface area (Å²) in [5, 5.41) is 1.28. The van der Waals surface area contributed by atoms with Gasteiger partial charge < -0.3 is 0 Å². The first kappa shape index (κ1) is 10.2. The van der Waals surface area contributed by atoms with E-state index >= 15 is 0 Å². The van der Waals surface area contributed by atoms with Crippen molar-refractivity contribution in [3.8, 4) is 0 Å². The summed E-state index contributed by atoms with van der Waals surface area (Å²) in [6, 6.07) is 10.6. The Labute approximate surface area is 91.2 Å². The van der Waals surface area contributed by atoms with Gasteiger partial charge in [0.1, 0.15) is 0 Å². The molecule has 0 aliphatic heterocycles. The van der Waals surface area contributed by atoms with Gasteiger partial charge >= 0.3 is 0 Å². The molecule has 78 valence electrons. The molecule has 1 aromatic carbocycles. The van der Waals surface area contributed by atoms with Gasteiger partial charge in [-0.1, -0.05) is 39.0 Å². The van der Waals surface area contributed by atoms with Crippen molar-refractivity contribution >= 4 is 10.9 Å². The number of rotatable bonds is 2. The fourth-order valence-corrected chi connectivity index (χ4v) is 1.88. The van der Waals surface area contributed by atoms with E-state index in [1.54, 1.807) is 0 Å². The van der Waals surface area contributed by atoms with Crippen molar-refractivity contribution in [3.05, 3.63) is 42.1 Å². The molecule has 2 aromatic rings. The molecule has 0 amide bonds. The monoisotopic (exact) mass is 199 g/mol. The molecule has 0 unspecified atom stereocenters. The van der Waals surface area contributed by atoms with E-state index in [1.165, 1.54) is 10.9 Å². The summed E-state index contributed by atoms with van der Waals surface area (Å²) in [4.78, 5) is 4.39. The fraction of sp³-hybridized carbons (Fsp3) is 0.357. The van der Waals surface area contributed by atoms with Gasteiger partial charge in [0.2, 0.25) is 0 Å². The number of fused-ring (bicyclic) bond motifs is 1. The Morgan fingerprint density at radius 3 is 2.67 bits per heavy atom. The van der Waals surface area contributed by atoms with E-state index < -0.39 is 0 Å². The van der Waals surface area contributed by atoms with Crippen LogP contribution >= 0.6 is 0 Å². The lowest BCUT2D eigenvalue weighted by atomic mass is 9.80. The zero-order valence-corrected chi connectivity index (χ0v) is 9.62. The minimum Gasteiger partial charge on any atom is -0.256 e. The molecule has 1 heterocycles. The molecule has 0 aliphatic rings. The zero-order valence-electron chi connectivity index (χ0n) is 9.62. The third-order valence-corrected chi connectivity index (χ3v) is 3.26. The Morgan fingerprint density at radius 1 is 1.13 bits per heavy atom. The number of nitrogens with zero attached hydrogens (tertiary/aromatic N) is 1. The van der Waals surface area contributed by atoms with E-state index in [-0.39, 0.29) is 5.41 Å². The first-order valence-electron chi connectivity index (χ1n) is 5.49. The minimum absolute atomic E-state index is 0.225. The van der Waals surface area contributed by atoms with E-state index in [9.17, 15) is 0 Å². The van der Waals surface area contributed by atoms with Crippen molar-refractivity contribution in [1.29, 1.82) is 0 Å². The highest BCUT2D eigenvalue weighted by Gasteiger charge is 2.20. The highest BCUT2D eigenvalue weighted by Crippen LogP contribution is 2.31. The zero-order chi connectivity index (χ0) is 10.9. The smallest absolute Gasteiger partial charge is 0.0704 e. The highest BCUT2D eigenvalue weighted by molar-refractivity contribution is 5.82. The van der Waals surface area contributed by atoms with Crippen LogP contribution in [0.25, 0.3) is 10.9 Å². The average molecular weight is 199 g/mol. The third-order valence-electron chi connectivity index (χ3n) is 3.26. The average Bonchev–Trinajstić information content (AvgIpc) is 2.28. The molecule has 0 aliphatic carbocycles. The summed E-state index contributed by atoms with van der Waals surface area (Å²) in [6.07, 6.45) is 2.99. The van der Waals surface area contributed by atoms with Gasteiger partial charge in [0.25, 0.3) is 0 Å². The van der Waals surface area contributed by atoms with E-state index in [4.69, 9.17) is 0 Å². The summed E-state index contributed by atoms with van der Waals surface area (Å²) >= 11 is 0. The maximum absolute atomic E-state index is 4.39. The lowest BCUT2D eigenvalue weighted by molar-refractivity contribution is 0.510. The fourth-order valence-electron chi connectivity index (χ4n) is 1.88. The molecule has 0 N–H and O–H groups in total. The Hall–Kier alpha value is -1.37. The number of hydrogen-bond acceptors (Lipinski definition) is 1. The summed E-state index contributed by atoms with van der Waals surface area (Å²) in [5.74, 6) is 0. The maximum atomic E-state index is 4.39. The third kappa shape index (κ3) is 1.74. The van der Waals surface area contributed by atoms with Gasteiger partial charge in [-0.05, 0) is 29.5 Å². The van der Waals surface area contributed by atoms with Crippen molar-refractivity contribution in [2.75, 3.05) is 0 Å². The molecular weight excluding hydrogens is 182 g/mol. The van der Waals surface area contributed by atoms with Crippen molar-refractivity contribution < 1.29 is 0 Å². The molecule has 0 saturated carbocycles. The summed E-state index contributed by atoms with van der Waals surface area (Å²) in [7, 11) is 0. The normalized spacial score (nSPS) is 11.9. The highest BCUT2D eigenvalue weighted by atomic mass is 14.6. The Bertz CT molecular complexity index is 466. The predicted molar refractivity (Wildman–Crippen MR) is 65.1 cm³/mol. The molecule has 0 bridgehead atoms. The first-order chi connectivity index (χ1) is 7.15. The van der Waals surface area contributed by atoms with Crippen LogP contribution in [0.4, 0.5) is 0 Å². The Kier molecular flexibility index (Phi) is 2.47. The van der Waals surface area contributed by atoms with Gasteiger partial charge in [-0.3, -0.25) is 4.98 Å². The van der Waals surface area contributed by atoms with Crippen molar-refractivity contribution in [2.45, 2.75) is 32.6 Å². The van der Waals surface area contributed by atoms with E-state index in [2.05, 4.69) is 50.0 Å². The lowest BCUT2D eigenvalue weighted by Crippen LogP contribution is -2.15. The van der Waals surface area contributed by atoms with Crippen LogP contribution in [0.5, 0.6) is 0 Å². The van der Waals surface area contributed by atoms with Crippen LogP contribution in [-0.2, 0) is 5.41 Å². The van der Waals surface area contributed by atoms with Crippen molar-refractivity contribution in [2.24, 2.45) is 0 Å². The first-order valence-corrected chi connectivity index (χ1v) is 5.49. The van der Waals surface area contributed by atoms with Gasteiger partial charge in [-0.2, -0.15) is 0 Å². The SMILES string of the molecule is CCC(C)(C)c1cccc2ncccc12. The number of pyridine rings is 1. The van der Waals surface area contributed by atoms with Gasteiger partial charge in [0.15, 0.2) is 0 Å². The molecular formula is C14H17N. The van der Waals surface area contributed by atoms with Gasteiger partial charge in [0.05, 0.1) is 5.52 Å². The molecule has 0 spiro atoms. The van der Waals surface area contributed by atoms with E-state index in [0.29, 0.717) is 0 Å². The second-order valence-electron chi connectivity index (χ2n) is 4.61. The van der Waals surface area contributed by atoms with Gasteiger partial charge in [-0.15, -0.1) is 0 Å². The second-order valence-corrected chi connectivity index (χ2v) is 4.61. The largest absolute Gasteiger partial charge is 0.256 e. The molecule has 1 aromatic heterocycles. The molecule has 1 nitrogen and oxygen atoms in total. The van der Waals surface area contributed by atoms with E-state index in [1.807, 2.05) is 12.3 Å². The second kappa shape index (κ2) is 3.65. The lowest BCUT2D eigenvalue weighted by Gasteiger charge is -2.24.